The van der Waals surface area contributed by atoms with Gasteiger partial charge in [-0.15, -0.1) is 0 Å². The lowest BCUT2D eigenvalue weighted by Crippen LogP contribution is -2.41. The Hall–Kier alpha value is -1.51. The van der Waals surface area contributed by atoms with Gasteiger partial charge in [-0.2, -0.15) is 4.31 Å². The number of carbonyl (C=O) groups excluding carboxylic acids is 1. The van der Waals surface area contributed by atoms with Crippen molar-refractivity contribution >= 4 is 15.9 Å². The van der Waals surface area contributed by atoms with E-state index in [-0.39, 0.29) is 25.5 Å². The topological polar surface area (TPSA) is 75.7 Å². The molecule has 0 atom stereocenters. The van der Waals surface area contributed by atoms with Crippen LogP contribution < -0.4 is 5.32 Å². The van der Waals surface area contributed by atoms with Crippen molar-refractivity contribution in [3.8, 4) is 0 Å². The number of nitrogens with zero attached hydrogens (tertiary/aromatic N) is 1. The minimum atomic E-state index is -3.47. The van der Waals surface area contributed by atoms with E-state index >= 15 is 0 Å². The molecule has 8 heteroatoms. The van der Waals surface area contributed by atoms with E-state index in [9.17, 15) is 17.6 Å². The Balaban J connectivity index is 2.45. The fourth-order valence-corrected chi connectivity index (χ4v) is 2.81. The quantitative estimate of drug-likeness (QED) is 0.636. The largest absolute Gasteiger partial charge is 0.385 e. The fourth-order valence-electron chi connectivity index (χ4n) is 2.00. The predicted molar refractivity (Wildman–Crippen MR) is 86.0 cm³/mol. The van der Waals surface area contributed by atoms with Gasteiger partial charge in [0.1, 0.15) is 5.82 Å². The minimum absolute atomic E-state index is 0.216. The van der Waals surface area contributed by atoms with E-state index in [1.54, 1.807) is 18.2 Å². The summed E-state index contributed by atoms with van der Waals surface area (Å²) in [6.45, 7) is 0.629. The molecule has 1 aromatic rings. The molecule has 0 aromatic heterocycles. The van der Waals surface area contributed by atoms with Crippen LogP contribution >= 0.6 is 0 Å². The van der Waals surface area contributed by atoms with Gasteiger partial charge in [0.15, 0.2) is 0 Å². The lowest BCUT2D eigenvalue weighted by Gasteiger charge is -2.19. The highest BCUT2D eigenvalue weighted by Gasteiger charge is 2.19. The van der Waals surface area contributed by atoms with E-state index in [1.165, 1.54) is 13.2 Å². The highest BCUT2D eigenvalue weighted by molar-refractivity contribution is 7.88. The van der Waals surface area contributed by atoms with E-state index < -0.39 is 15.9 Å². The Labute approximate surface area is 136 Å². The van der Waals surface area contributed by atoms with Crippen LogP contribution in [0.3, 0.4) is 0 Å². The van der Waals surface area contributed by atoms with Gasteiger partial charge in [0.05, 0.1) is 12.8 Å². The average Bonchev–Trinajstić information content (AvgIpc) is 2.47. The van der Waals surface area contributed by atoms with E-state index in [2.05, 4.69) is 5.32 Å². The number of nitrogens with one attached hydrogen (secondary N) is 1. The lowest BCUT2D eigenvalue weighted by atomic mass is 10.1. The second-order valence-corrected chi connectivity index (χ2v) is 7.12. The molecule has 0 aliphatic rings. The Kier molecular flexibility index (Phi) is 8.15. The van der Waals surface area contributed by atoms with Crippen molar-refractivity contribution in [2.24, 2.45) is 0 Å². The van der Waals surface area contributed by atoms with Gasteiger partial charge < -0.3 is 10.1 Å². The number of hydrogen-bond acceptors (Lipinski definition) is 4. The van der Waals surface area contributed by atoms with Gasteiger partial charge in [0.2, 0.25) is 15.9 Å². The van der Waals surface area contributed by atoms with E-state index in [1.807, 2.05) is 0 Å². The number of sulfonamides is 1. The zero-order chi connectivity index (χ0) is 17.3. The molecule has 6 nitrogen and oxygen atoms in total. The maximum absolute atomic E-state index is 13.4. The number of amides is 1. The van der Waals surface area contributed by atoms with Crippen molar-refractivity contribution in [1.82, 2.24) is 9.62 Å². The normalized spacial score (nSPS) is 11.7. The lowest BCUT2D eigenvalue weighted by molar-refractivity contribution is -0.121. The summed E-state index contributed by atoms with van der Waals surface area (Å²) in [4.78, 5) is 11.9. The first-order valence-corrected chi connectivity index (χ1v) is 9.13. The minimum Gasteiger partial charge on any atom is -0.385 e. The standard InChI is InChI=1S/C15H23FN2O4S/c1-22-11-5-10-18(23(2,20)21)12-15(19)17-9-8-13-6-3-4-7-14(13)16/h3-4,6-7H,5,8-12H2,1-2H3,(H,17,19). The molecule has 0 fully saturated rings. The molecule has 1 rings (SSSR count). The zero-order valence-corrected chi connectivity index (χ0v) is 14.2. The first-order chi connectivity index (χ1) is 10.8. The molecular formula is C15H23FN2O4S. The SMILES string of the molecule is COCCCN(CC(=O)NCCc1ccccc1F)S(C)(=O)=O. The van der Waals surface area contributed by atoms with Crippen LogP contribution in [-0.2, 0) is 26.0 Å². The van der Waals surface area contributed by atoms with Gasteiger partial charge in [-0.3, -0.25) is 4.79 Å². The van der Waals surface area contributed by atoms with Gasteiger partial charge in [0.25, 0.3) is 0 Å². The number of carbonyl (C=O) groups is 1. The Morgan fingerprint density at radius 2 is 2.04 bits per heavy atom. The van der Waals surface area contributed by atoms with Crippen LogP contribution in [-0.4, -0.2) is 58.2 Å². The van der Waals surface area contributed by atoms with Gasteiger partial charge >= 0.3 is 0 Å². The average molecular weight is 346 g/mol. The molecule has 0 heterocycles. The maximum Gasteiger partial charge on any atom is 0.235 e. The summed E-state index contributed by atoms with van der Waals surface area (Å²) < 4.78 is 42.7. The molecule has 0 radical (unpaired) electrons. The summed E-state index contributed by atoms with van der Waals surface area (Å²) in [5.74, 6) is -0.733. The molecule has 0 saturated heterocycles. The van der Waals surface area contributed by atoms with Crippen molar-refractivity contribution < 1.29 is 22.3 Å². The molecule has 130 valence electrons. The molecule has 0 bridgehead atoms. The highest BCUT2D eigenvalue weighted by atomic mass is 32.2. The number of hydrogen-bond donors (Lipinski definition) is 1. The van der Waals surface area contributed by atoms with E-state index in [4.69, 9.17) is 4.74 Å². The number of halogens is 1. The third kappa shape index (κ3) is 7.54. The second-order valence-electron chi connectivity index (χ2n) is 5.13. The molecule has 1 aromatic carbocycles. The molecule has 0 unspecified atom stereocenters. The van der Waals surface area contributed by atoms with E-state index in [0.29, 0.717) is 25.0 Å². The summed E-state index contributed by atoms with van der Waals surface area (Å²) in [6, 6.07) is 6.33. The molecule has 0 spiro atoms. The maximum atomic E-state index is 13.4. The van der Waals surface area contributed by atoms with Crippen LogP contribution in [0.2, 0.25) is 0 Å². The van der Waals surface area contributed by atoms with Crippen molar-refractivity contribution in [2.45, 2.75) is 12.8 Å². The number of methoxy groups -OCH3 is 1. The van der Waals surface area contributed by atoms with Crippen molar-refractivity contribution in [1.29, 1.82) is 0 Å². The van der Waals surface area contributed by atoms with Crippen LogP contribution in [0.4, 0.5) is 4.39 Å². The van der Waals surface area contributed by atoms with Crippen molar-refractivity contribution in [3.05, 3.63) is 35.6 Å². The molecule has 1 amide bonds. The second kappa shape index (κ2) is 9.59. The van der Waals surface area contributed by atoms with Crippen LogP contribution in [0.15, 0.2) is 24.3 Å². The van der Waals surface area contributed by atoms with E-state index in [0.717, 1.165) is 10.6 Å². The Bertz CT molecular complexity index is 607. The predicted octanol–water partition coefficient (Wildman–Crippen LogP) is 0.783. The molecular weight excluding hydrogens is 323 g/mol. The van der Waals surface area contributed by atoms with Crippen LogP contribution in [0.5, 0.6) is 0 Å². The smallest absolute Gasteiger partial charge is 0.235 e. The highest BCUT2D eigenvalue weighted by Crippen LogP contribution is 2.06. The summed E-state index contributed by atoms with van der Waals surface area (Å²) >= 11 is 0. The van der Waals surface area contributed by atoms with Crippen LogP contribution in [0.25, 0.3) is 0 Å². The van der Waals surface area contributed by atoms with Gasteiger partial charge in [-0.05, 0) is 24.5 Å². The molecule has 0 aliphatic carbocycles. The fraction of sp³-hybridized carbons (Fsp3) is 0.533. The third-order valence-corrected chi connectivity index (χ3v) is 4.47. The van der Waals surface area contributed by atoms with Crippen LogP contribution in [0.1, 0.15) is 12.0 Å². The molecule has 23 heavy (non-hydrogen) atoms. The monoisotopic (exact) mass is 346 g/mol. The third-order valence-electron chi connectivity index (χ3n) is 3.22. The Morgan fingerprint density at radius 1 is 1.35 bits per heavy atom. The zero-order valence-electron chi connectivity index (χ0n) is 13.4. The van der Waals surface area contributed by atoms with Gasteiger partial charge in [-0.1, -0.05) is 18.2 Å². The van der Waals surface area contributed by atoms with Crippen molar-refractivity contribution in [3.63, 3.8) is 0 Å². The summed E-state index contributed by atoms with van der Waals surface area (Å²) in [7, 11) is -1.94. The number of benzene rings is 1. The van der Waals surface area contributed by atoms with Gasteiger partial charge in [-0.25, -0.2) is 12.8 Å². The van der Waals surface area contributed by atoms with Gasteiger partial charge in [0, 0.05) is 26.8 Å². The molecule has 0 aliphatic heterocycles. The van der Waals surface area contributed by atoms with Crippen molar-refractivity contribution in [2.75, 3.05) is 39.6 Å². The first-order valence-electron chi connectivity index (χ1n) is 7.28. The first kappa shape index (κ1) is 19.5. The number of ether oxygens (including phenoxy) is 1. The Morgan fingerprint density at radius 3 is 2.65 bits per heavy atom. The van der Waals surface area contributed by atoms with Crippen LogP contribution in [0, 0.1) is 5.82 Å². The molecule has 1 N–H and O–H groups in total. The number of rotatable bonds is 10. The summed E-state index contributed by atoms with van der Waals surface area (Å²) in [5.41, 5.74) is 0.507. The summed E-state index contributed by atoms with van der Waals surface area (Å²) in [6.07, 6.45) is 1.92. The molecule has 0 saturated carbocycles. The summed E-state index contributed by atoms with van der Waals surface area (Å²) in [5, 5.41) is 2.61.